The van der Waals surface area contributed by atoms with Gasteiger partial charge in [-0.25, -0.2) is 4.79 Å². The quantitative estimate of drug-likeness (QED) is 0.225. The van der Waals surface area contributed by atoms with E-state index in [-0.39, 0.29) is 0 Å². The zero-order chi connectivity index (χ0) is 12.2. The van der Waals surface area contributed by atoms with Crippen molar-refractivity contribution < 1.29 is 19.5 Å². The molecule has 0 aromatic rings. The van der Waals surface area contributed by atoms with Gasteiger partial charge in [0.15, 0.2) is 0 Å². The fourth-order valence-corrected chi connectivity index (χ4v) is 1.02. The highest BCUT2D eigenvalue weighted by Crippen LogP contribution is 1.98. The molecule has 96 valence electrons. The van der Waals surface area contributed by atoms with Crippen LogP contribution in [0.15, 0.2) is 0 Å². The summed E-state index contributed by atoms with van der Waals surface area (Å²) in [7, 11) is 0. The van der Waals surface area contributed by atoms with Gasteiger partial charge < -0.3 is 20.5 Å². The Morgan fingerprint density at radius 3 is 2.56 bits per heavy atom. The molecular weight excluding hydrogens is 234 g/mol. The fraction of sp³-hybridized carbons (Fsp3) is 0.875. The summed E-state index contributed by atoms with van der Waals surface area (Å²) in [5.74, 6) is 0. The monoisotopic (exact) mass is 253 g/mol. The van der Waals surface area contributed by atoms with Gasteiger partial charge in [0.25, 0.3) is 0 Å². The third-order valence-electron chi connectivity index (χ3n) is 1.50. The van der Waals surface area contributed by atoms with E-state index in [1.165, 1.54) is 0 Å². The van der Waals surface area contributed by atoms with Crippen LogP contribution in [0.3, 0.4) is 0 Å². The Labute approximate surface area is 99.3 Å². The minimum absolute atomic E-state index is 0.341. The van der Waals surface area contributed by atoms with E-state index in [2.05, 4.69) is 5.32 Å². The lowest BCUT2D eigenvalue weighted by Crippen LogP contribution is -2.35. The summed E-state index contributed by atoms with van der Waals surface area (Å²) in [5, 5.41) is 11.4. The number of carbonyl (C=O) groups is 1. The van der Waals surface area contributed by atoms with E-state index in [0.29, 0.717) is 44.0 Å². The molecule has 0 bridgehead atoms. The summed E-state index contributed by atoms with van der Waals surface area (Å²) in [6.07, 6.45) is 1.59. The van der Waals surface area contributed by atoms with Gasteiger partial charge in [-0.2, -0.15) is 0 Å². The molecule has 2 amide bonds. The van der Waals surface area contributed by atoms with E-state index >= 15 is 0 Å². The Morgan fingerprint density at radius 1 is 1.38 bits per heavy atom. The van der Waals surface area contributed by atoms with Crippen LogP contribution >= 0.6 is 11.9 Å². The smallest absolute Gasteiger partial charge is 0.351 e. The third kappa shape index (κ3) is 8.74. The summed E-state index contributed by atoms with van der Waals surface area (Å²) in [4.78, 5) is 11.0. The average molecular weight is 253 g/mol. The number of rotatable bonds is 9. The first-order valence-electron chi connectivity index (χ1n) is 4.89. The lowest BCUT2D eigenvalue weighted by atomic mass is 10.6. The molecule has 7 nitrogen and oxygen atoms in total. The topological polar surface area (TPSA) is 97.0 Å². The minimum Gasteiger partial charge on any atom is -0.378 e. The van der Waals surface area contributed by atoms with Crippen LogP contribution in [0.5, 0.6) is 0 Å². The summed E-state index contributed by atoms with van der Waals surface area (Å²) in [5.41, 5.74) is 5.22. The molecule has 0 saturated heterocycles. The summed E-state index contributed by atoms with van der Waals surface area (Å²) < 4.78 is 10.8. The molecule has 0 unspecified atom stereocenters. The highest BCUT2D eigenvalue weighted by atomic mass is 32.2. The highest BCUT2D eigenvalue weighted by Gasteiger charge is 2.07. The first-order valence-corrected chi connectivity index (χ1v) is 6.07. The van der Waals surface area contributed by atoms with E-state index in [4.69, 9.17) is 20.4 Å². The Morgan fingerprint density at radius 2 is 2.00 bits per heavy atom. The lowest BCUT2D eigenvalue weighted by molar-refractivity contribution is 0.0432. The van der Waals surface area contributed by atoms with Crippen molar-refractivity contribution in [2.45, 2.75) is 0 Å². The van der Waals surface area contributed by atoms with Gasteiger partial charge in [-0.15, -0.1) is 4.47 Å². The van der Waals surface area contributed by atoms with Crippen molar-refractivity contribution in [3.8, 4) is 0 Å². The number of urea groups is 1. The molecule has 0 aromatic heterocycles. The van der Waals surface area contributed by atoms with Crippen LogP contribution in [-0.4, -0.2) is 61.5 Å². The largest absolute Gasteiger partial charge is 0.378 e. The van der Waals surface area contributed by atoms with Crippen LogP contribution in [-0.2, 0) is 9.47 Å². The molecule has 0 rings (SSSR count). The van der Waals surface area contributed by atoms with Crippen LogP contribution in [0, 0.1) is 0 Å². The van der Waals surface area contributed by atoms with Gasteiger partial charge in [0, 0.05) is 19.3 Å². The Kier molecular flexibility index (Phi) is 10.6. The van der Waals surface area contributed by atoms with Crippen LogP contribution in [0.4, 0.5) is 4.79 Å². The minimum atomic E-state index is -0.560. The van der Waals surface area contributed by atoms with Gasteiger partial charge in [-0.1, -0.05) is 0 Å². The maximum atomic E-state index is 11.0. The van der Waals surface area contributed by atoms with Gasteiger partial charge >= 0.3 is 6.03 Å². The molecule has 8 heteroatoms. The number of ether oxygens (including phenoxy) is 2. The zero-order valence-electron chi connectivity index (χ0n) is 9.35. The van der Waals surface area contributed by atoms with Crippen molar-refractivity contribution in [2.24, 2.45) is 5.73 Å². The van der Waals surface area contributed by atoms with Gasteiger partial charge in [-0.3, -0.25) is 5.21 Å². The molecule has 0 aromatic carbocycles. The molecule has 0 radical (unpaired) electrons. The Hall–Kier alpha value is -0.540. The second-order valence-corrected chi connectivity index (χ2v) is 3.41. The molecule has 0 aliphatic heterocycles. The van der Waals surface area contributed by atoms with Gasteiger partial charge in [0.05, 0.1) is 26.4 Å². The van der Waals surface area contributed by atoms with Crippen molar-refractivity contribution >= 4 is 18.0 Å². The number of hydrogen-bond donors (Lipinski definition) is 3. The van der Waals surface area contributed by atoms with Crippen LogP contribution in [0.25, 0.3) is 0 Å². The number of nitrogens with one attached hydrogen (secondary N) is 1. The number of nitrogens with two attached hydrogens (primary N) is 1. The number of hydroxylamine groups is 1. The van der Waals surface area contributed by atoms with Gasteiger partial charge in [-0.05, 0) is 11.9 Å². The second-order valence-electron chi connectivity index (χ2n) is 2.70. The number of amides is 2. The van der Waals surface area contributed by atoms with Crippen LogP contribution in [0.1, 0.15) is 0 Å². The first-order chi connectivity index (χ1) is 7.72. The molecule has 0 spiro atoms. The number of carbonyl (C=O) groups excluding carboxylic acids is 1. The van der Waals surface area contributed by atoms with Crippen molar-refractivity contribution in [2.75, 3.05) is 45.8 Å². The third-order valence-corrected chi connectivity index (χ3v) is 2.02. The normalized spacial score (nSPS) is 10.2. The van der Waals surface area contributed by atoms with Gasteiger partial charge in [0.2, 0.25) is 0 Å². The van der Waals surface area contributed by atoms with Crippen LogP contribution in [0.2, 0.25) is 0 Å². The molecule has 0 atom stereocenters. The average Bonchev–Trinajstić information content (AvgIpc) is 2.31. The Balaban J connectivity index is 3.18. The van der Waals surface area contributed by atoms with E-state index < -0.39 is 6.03 Å². The first kappa shape index (κ1) is 15.5. The number of nitrogens with zero attached hydrogens (tertiary/aromatic N) is 1. The molecule has 16 heavy (non-hydrogen) atoms. The predicted octanol–water partition coefficient (Wildman–Crippen LogP) is -0.343. The summed E-state index contributed by atoms with van der Waals surface area (Å²) >= 11 is 0.914. The van der Waals surface area contributed by atoms with Crippen molar-refractivity contribution in [3.05, 3.63) is 0 Å². The molecule has 0 aliphatic rings. The van der Waals surface area contributed by atoms with E-state index in [9.17, 15) is 4.79 Å². The van der Waals surface area contributed by atoms with E-state index in [1.54, 1.807) is 6.26 Å². The van der Waals surface area contributed by atoms with E-state index in [1.807, 2.05) is 0 Å². The van der Waals surface area contributed by atoms with Crippen molar-refractivity contribution in [3.63, 3.8) is 0 Å². The summed E-state index contributed by atoms with van der Waals surface area (Å²) in [6, 6.07) is -0.560. The van der Waals surface area contributed by atoms with Crippen molar-refractivity contribution in [1.29, 1.82) is 0 Å². The maximum Gasteiger partial charge on any atom is 0.351 e. The lowest BCUT2D eigenvalue weighted by Gasteiger charge is -2.11. The van der Waals surface area contributed by atoms with Crippen LogP contribution < -0.4 is 11.1 Å². The van der Waals surface area contributed by atoms with E-state index in [0.717, 1.165) is 11.9 Å². The Bertz CT molecular complexity index is 185. The highest BCUT2D eigenvalue weighted by molar-refractivity contribution is 7.96. The SMILES string of the molecule is CSN(O)C(=O)NCCOCCOCCN. The standard InChI is InChI=1S/C8H19N3O4S/c1-16-11(13)8(12)10-3-5-15-7-6-14-4-2-9/h13H,2-7,9H2,1H3,(H,10,12). The molecule has 0 heterocycles. The molecule has 0 aliphatic carbocycles. The number of hydrogen-bond acceptors (Lipinski definition) is 6. The second kappa shape index (κ2) is 11.0. The maximum absolute atomic E-state index is 11.0. The predicted molar refractivity (Wildman–Crippen MR) is 61.2 cm³/mol. The van der Waals surface area contributed by atoms with Crippen molar-refractivity contribution in [1.82, 2.24) is 9.79 Å². The zero-order valence-corrected chi connectivity index (χ0v) is 10.2. The summed E-state index contributed by atoms with van der Waals surface area (Å²) in [6.45, 7) is 2.68. The molecule has 4 N–H and O–H groups in total. The molecule has 0 saturated carbocycles. The van der Waals surface area contributed by atoms with Gasteiger partial charge in [0.1, 0.15) is 0 Å². The molecular formula is C8H19N3O4S. The fourth-order valence-electron chi connectivity index (χ4n) is 0.786. The molecule has 0 fully saturated rings.